The summed E-state index contributed by atoms with van der Waals surface area (Å²) in [6.45, 7) is 1.94. The van der Waals surface area contributed by atoms with Gasteiger partial charge in [-0.05, 0) is 18.6 Å². The molecule has 0 unspecified atom stereocenters. The molecule has 0 radical (unpaired) electrons. The van der Waals surface area contributed by atoms with Gasteiger partial charge in [-0.25, -0.2) is 9.97 Å². The highest BCUT2D eigenvalue weighted by Gasteiger charge is 2.06. The van der Waals surface area contributed by atoms with E-state index in [0.29, 0.717) is 0 Å². The van der Waals surface area contributed by atoms with Crippen LogP contribution in [0.3, 0.4) is 0 Å². The maximum absolute atomic E-state index is 4.57. The summed E-state index contributed by atoms with van der Waals surface area (Å²) in [5.41, 5.74) is 2.33. The van der Waals surface area contributed by atoms with Gasteiger partial charge in [0, 0.05) is 11.1 Å². The van der Waals surface area contributed by atoms with Crippen molar-refractivity contribution in [1.29, 1.82) is 0 Å². The van der Waals surface area contributed by atoms with E-state index < -0.39 is 0 Å². The molecule has 0 N–H and O–H groups in total. The van der Waals surface area contributed by atoms with Gasteiger partial charge in [0.2, 0.25) is 0 Å². The lowest BCUT2D eigenvalue weighted by Gasteiger charge is -2.06. The van der Waals surface area contributed by atoms with Gasteiger partial charge in [0.25, 0.3) is 0 Å². The van der Waals surface area contributed by atoms with E-state index >= 15 is 0 Å². The number of rotatable bonds is 3. The molecule has 0 aliphatic heterocycles. The van der Waals surface area contributed by atoms with Crippen molar-refractivity contribution in [2.45, 2.75) is 17.7 Å². The second kappa shape index (κ2) is 5.41. The minimum absolute atomic E-state index is 0.828. The Labute approximate surface area is 116 Å². The third-order valence-electron chi connectivity index (χ3n) is 2.90. The lowest BCUT2D eigenvalue weighted by atomic mass is 10.2. The molecule has 0 aliphatic carbocycles. The number of benzene rings is 2. The average Bonchev–Trinajstić information content (AvgIpc) is 2.45. The fraction of sp³-hybridized carbons (Fsp3) is 0.125. The van der Waals surface area contributed by atoms with Crippen molar-refractivity contribution in [3.8, 4) is 0 Å². The first-order valence-corrected chi connectivity index (χ1v) is 7.21. The van der Waals surface area contributed by atoms with Crippen molar-refractivity contribution in [3.05, 3.63) is 66.0 Å². The number of hydrogen-bond acceptors (Lipinski definition) is 3. The van der Waals surface area contributed by atoms with Crippen molar-refractivity contribution < 1.29 is 0 Å². The normalized spacial score (nSPS) is 10.8. The molecule has 0 aliphatic rings. The molecule has 2 aromatic carbocycles. The maximum Gasteiger partial charge on any atom is 0.127 e. The molecule has 1 heterocycles. The van der Waals surface area contributed by atoms with Crippen LogP contribution in [0.1, 0.15) is 11.4 Å². The van der Waals surface area contributed by atoms with Crippen molar-refractivity contribution in [2.75, 3.05) is 0 Å². The van der Waals surface area contributed by atoms with Gasteiger partial charge in [-0.15, -0.1) is 11.8 Å². The zero-order valence-corrected chi connectivity index (χ0v) is 11.5. The molecular weight excluding hydrogens is 252 g/mol. The molecule has 19 heavy (non-hydrogen) atoms. The molecule has 3 rings (SSSR count). The molecule has 1 aromatic heterocycles. The van der Waals surface area contributed by atoms with Crippen LogP contribution >= 0.6 is 11.8 Å². The van der Waals surface area contributed by atoms with Crippen LogP contribution in [0.4, 0.5) is 0 Å². The zero-order chi connectivity index (χ0) is 13.1. The standard InChI is InChI=1S/C16H14N2S/c1-12-17-15-10-6-5-9-14(15)16(18-12)19-11-13-7-3-2-4-8-13/h2-10H,11H2,1H3. The number of aromatic nitrogens is 2. The van der Waals surface area contributed by atoms with E-state index in [-0.39, 0.29) is 0 Å². The summed E-state index contributed by atoms with van der Waals surface area (Å²) >= 11 is 1.77. The van der Waals surface area contributed by atoms with E-state index in [4.69, 9.17) is 0 Å². The van der Waals surface area contributed by atoms with E-state index in [1.807, 2.05) is 31.2 Å². The lowest BCUT2D eigenvalue weighted by Crippen LogP contribution is -1.92. The molecule has 0 atom stereocenters. The Bertz CT molecular complexity index is 695. The number of hydrogen-bond donors (Lipinski definition) is 0. The van der Waals surface area contributed by atoms with Crippen LogP contribution in [-0.4, -0.2) is 9.97 Å². The summed E-state index contributed by atoms with van der Waals surface area (Å²) in [5.74, 6) is 1.76. The Hall–Kier alpha value is -1.87. The van der Waals surface area contributed by atoms with Crippen molar-refractivity contribution in [2.24, 2.45) is 0 Å². The van der Waals surface area contributed by atoms with E-state index in [1.165, 1.54) is 5.56 Å². The van der Waals surface area contributed by atoms with Crippen molar-refractivity contribution in [3.63, 3.8) is 0 Å². The van der Waals surface area contributed by atoms with Gasteiger partial charge in [0.15, 0.2) is 0 Å². The first kappa shape index (κ1) is 12.2. The Balaban J connectivity index is 1.92. The van der Waals surface area contributed by atoms with E-state index in [1.54, 1.807) is 11.8 Å². The Morgan fingerprint density at radius 2 is 1.63 bits per heavy atom. The van der Waals surface area contributed by atoms with Crippen LogP contribution in [-0.2, 0) is 5.75 Å². The minimum Gasteiger partial charge on any atom is -0.233 e. The summed E-state index contributed by atoms with van der Waals surface area (Å²) in [4.78, 5) is 9.04. The fourth-order valence-corrected chi connectivity index (χ4v) is 3.02. The molecule has 0 amide bonds. The second-order valence-electron chi connectivity index (χ2n) is 4.37. The van der Waals surface area contributed by atoms with Crippen LogP contribution in [0.5, 0.6) is 0 Å². The lowest BCUT2D eigenvalue weighted by molar-refractivity contribution is 1.01. The highest BCUT2D eigenvalue weighted by atomic mass is 32.2. The molecule has 0 fully saturated rings. The maximum atomic E-state index is 4.57. The van der Waals surface area contributed by atoms with Crippen molar-refractivity contribution >= 4 is 22.7 Å². The molecule has 3 heteroatoms. The van der Waals surface area contributed by atoms with Crippen LogP contribution in [0, 0.1) is 6.92 Å². The van der Waals surface area contributed by atoms with Gasteiger partial charge in [0.05, 0.1) is 5.52 Å². The fourth-order valence-electron chi connectivity index (χ4n) is 1.99. The third-order valence-corrected chi connectivity index (χ3v) is 3.96. The van der Waals surface area contributed by atoms with E-state index in [9.17, 15) is 0 Å². The van der Waals surface area contributed by atoms with Gasteiger partial charge in [-0.1, -0.05) is 48.5 Å². The zero-order valence-electron chi connectivity index (χ0n) is 10.7. The SMILES string of the molecule is Cc1nc(SCc2ccccc2)c2ccccc2n1. The summed E-state index contributed by atoms with van der Waals surface area (Å²) < 4.78 is 0. The quantitative estimate of drug-likeness (QED) is 0.524. The molecule has 94 valence electrons. The molecule has 0 spiro atoms. The topological polar surface area (TPSA) is 25.8 Å². The van der Waals surface area contributed by atoms with E-state index in [0.717, 1.165) is 27.5 Å². The summed E-state index contributed by atoms with van der Waals surface area (Å²) in [7, 11) is 0. The highest BCUT2D eigenvalue weighted by molar-refractivity contribution is 7.98. The molecule has 0 bridgehead atoms. The summed E-state index contributed by atoms with van der Waals surface area (Å²) in [6.07, 6.45) is 0. The average molecular weight is 266 g/mol. The van der Waals surface area contributed by atoms with Gasteiger partial charge >= 0.3 is 0 Å². The van der Waals surface area contributed by atoms with Crippen LogP contribution in [0.25, 0.3) is 10.9 Å². The van der Waals surface area contributed by atoms with Crippen LogP contribution in [0.15, 0.2) is 59.6 Å². The number of thioether (sulfide) groups is 1. The Morgan fingerprint density at radius 1 is 0.895 bits per heavy atom. The van der Waals surface area contributed by atoms with Gasteiger partial charge < -0.3 is 0 Å². The predicted octanol–water partition coefficient (Wildman–Crippen LogP) is 4.23. The van der Waals surface area contributed by atoms with Crippen LogP contribution < -0.4 is 0 Å². The first-order chi connectivity index (χ1) is 9.33. The number of para-hydroxylation sites is 1. The molecule has 3 aromatic rings. The number of nitrogens with zero attached hydrogens (tertiary/aromatic N) is 2. The Kier molecular flexibility index (Phi) is 3.47. The van der Waals surface area contributed by atoms with Gasteiger partial charge in [0.1, 0.15) is 10.9 Å². The largest absolute Gasteiger partial charge is 0.233 e. The van der Waals surface area contributed by atoms with Gasteiger partial charge in [-0.2, -0.15) is 0 Å². The minimum atomic E-state index is 0.828. The first-order valence-electron chi connectivity index (χ1n) is 6.23. The smallest absolute Gasteiger partial charge is 0.127 e. The molecule has 0 saturated carbocycles. The van der Waals surface area contributed by atoms with Gasteiger partial charge in [-0.3, -0.25) is 0 Å². The number of fused-ring (bicyclic) bond motifs is 1. The molecule has 0 saturated heterocycles. The number of aryl methyl sites for hydroxylation is 1. The van der Waals surface area contributed by atoms with E-state index in [2.05, 4.69) is 40.3 Å². The van der Waals surface area contributed by atoms with Crippen molar-refractivity contribution in [1.82, 2.24) is 9.97 Å². The third kappa shape index (κ3) is 2.76. The summed E-state index contributed by atoms with van der Waals surface area (Å²) in [5, 5.41) is 2.20. The second-order valence-corrected chi connectivity index (χ2v) is 5.33. The highest BCUT2D eigenvalue weighted by Crippen LogP contribution is 2.27. The monoisotopic (exact) mass is 266 g/mol. The Morgan fingerprint density at radius 3 is 2.47 bits per heavy atom. The predicted molar refractivity (Wildman–Crippen MR) is 80.3 cm³/mol. The molecule has 2 nitrogen and oxygen atoms in total. The van der Waals surface area contributed by atoms with Crippen LogP contribution in [0.2, 0.25) is 0 Å². The molecular formula is C16H14N2S. The summed E-state index contributed by atoms with van der Waals surface area (Å²) in [6, 6.07) is 18.6.